The molecule has 5 heteroatoms. The van der Waals surface area contributed by atoms with Gasteiger partial charge >= 0.3 is 6.09 Å². The summed E-state index contributed by atoms with van der Waals surface area (Å²) in [4.78, 5) is 12.0. The minimum Gasteiger partial charge on any atom is -0.442 e. The van der Waals surface area contributed by atoms with E-state index >= 15 is 0 Å². The van der Waals surface area contributed by atoms with Crippen LogP contribution in [0.2, 0.25) is 0 Å². The number of hydrogen-bond donors (Lipinski definition) is 1. The van der Waals surface area contributed by atoms with Crippen LogP contribution in [0.5, 0.6) is 0 Å². The van der Waals surface area contributed by atoms with E-state index in [1.165, 1.54) is 4.90 Å². The molecule has 0 radical (unpaired) electrons. The first kappa shape index (κ1) is 7.82. The second kappa shape index (κ2) is 3.21. The van der Waals surface area contributed by atoms with Crippen molar-refractivity contribution in [1.29, 1.82) is 5.26 Å². The van der Waals surface area contributed by atoms with Crippen LogP contribution in [0.25, 0.3) is 0 Å². The summed E-state index contributed by atoms with van der Waals surface area (Å²) in [5, 5.41) is 16.8. The Labute approximate surface area is 63.8 Å². The zero-order valence-corrected chi connectivity index (χ0v) is 5.86. The van der Waals surface area contributed by atoms with Gasteiger partial charge in [0.1, 0.15) is 12.6 Å². The van der Waals surface area contributed by atoms with Crippen molar-refractivity contribution in [3.05, 3.63) is 0 Å². The predicted octanol–water partition coefficient (Wildman–Crippen LogP) is -0.677. The third kappa shape index (κ3) is 1.59. The van der Waals surface area contributed by atoms with Crippen LogP contribution in [0.15, 0.2) is 0 Å². The molecule has 1 saturated heterocycles. The van der Waals surface area contributed by atoms with Crippen molar-refractivity contribution < 1.29 is 14.6 Å². The Bertz CT molecular complexity index is 198. The fourth-order valence-electron chi connectivity index (χ4n) is 0.884. The number of carbonyl (C=O) groups excluding carboxylic acids is 1. The van der Waals surface area contributed by atoms with Gasteiger partial charge in [-0.2, -0.15) is 5.26 Å². The second-order valence-electron chi connectivity index (χ2n) is 2.23. The minimum atomic E-state index is -0.523. The molecule has 1 N–H and O–H groups in total. The molecule has 1 rings (SSSR count). The van der Waals surface area contributed by atoms with Crippen molar-refractivity contribution in [1.82, 2.24) is 4.90 Å². The van der Waals surface area contributed by atoms with Crippen molar-refractivity contribution in [2.45, 2.75) is 6.10 Å². The van der Waals surface area contributed by atoms with E-state index in [0.717, 1.165) is 0 Å². The lowest BCUT2D eigenvalue weighted by molar-refractivity contribution is 0.0949. The topological polar surface area (TPSA) is 73.6 Å². The quantitative estimate of drug-likeness (QED) is 0.538. The molecule has 0 aromatic heterocycles. The van der Waals surface area contributed by atoms with Gasteiger partial charge in [0.25, 0.3) is 0 Å². The Balaban J connectivity index is 2.46. The van der Waals surface area contributed by atoms with Crippen molar-refractivity contribution in [3.8, 4) is 6.07 Å². The maximum absolute atomic E-state index is 10.8. The van der Waals surface area contributed by atoms with Crippen LogP contribution in [0, 0.1) is 11.3 Å². The van der Waals surface area contributed by atoms with Gasteiger partial charge in [-0.3, -0.25) is 4.90 Å². The average Bonchev–Trinajstić information content (AvgIpc) is 2.33. The first-order valence-corrected chi connectivity index (χ1v) is 3.21. The summed E-state index contributed by atoms with van der Waals surface area (Å²) in [6.45, 7) is 0.145. The van der Waals surface area contributed by atoms with Crippen LogP contribution in [0.3, 0.4) is 0 Å². The Morgan fingerprint density at radius 3 is 3.09 bits per heavy atom. The molecule has 0 bridgehead atoms. The zero-order valence-electron chi connectivity index (χ0n) is 5.86. The monoisotopic (exact) mass is 156 g/mol. The predicted molar refractivity (Wildman–Crippen MR) is 34.5 cm³/mol. The van der Waals surface area contributed by atoms with Gasteiger partial charge in [0.15, 0.2) is 0 Å². The summed E-state index contributed by atoms with van der Waals surface area (Å²) in [5.41, 5.74) is 0. The Morgan fingerprint density at radius 2 is 2.64 bits per heavy atom. The third-order valence-corrected chi connectivity index (χ3v) is 1.41. The van der Waals surface area contributed by atoms with Gasteiger partial charge in [-0.25, -0.2) is 4.79 Å². The molecular formula is C6H8N2O3. The van der Waals surface area contributed by atoms with Gasteiger partial charge in [0, 0.05) is 0 Å². The molecule has 1 fully saturated rings. The second-order valence-corrected chi connectivity index (χ2v) is 2.23. The highest BCUT2D eigenvalue weighted by molar-refractivity contribution is 5.70. The van der Waals surface area contributed by atoms with Crippen LogP contribution in [0.1, 0.15) is 0 Å². The molecule has 1 aliphatic rings. The molecule has 0 unspecified atom stereocenters. The lowest BCUT2D eigenvalue weighted by Crippen LogP contribution is -2.26. The van der Waals surface area contributed by atoms with Crippen molar-refractivity contribution in [2.75, 3.05) is 19.7 Å². The standard InChI is InChI=1S/C6H8N2O3/c7-1-2-8-3-5(4-9)11-6(8)10/h5,9H,2-4H2/t5-/m0/s1. The number of rotatable bonds is 2. The minimum absolute atomic E-state index is 0.0231. The van der Waals surface area contributed by atoms with Crippen molar-refractivity contribution in [3.63, 3.8) is 0 Å². The molecular weight excluding hydrogens is 148 g/mol. The van der Waals surface area contributed by atoms with E-state index in [9.17, 15) is 4.79 Å². The fourth-order valence-corrected chi connectivity index (χ4v) is 0.884. The molecule has 1 atom stereocenters. The average molecular weight is 156 g/mol. The number of nitrogens with zero attached hydrogens (tertiary/aromatic N) is 2. The van der Waals surface area contributed by atoms with E-state index in [2.05, 4.69) is 4.74 Å². The smallest absolute Gasteiger partial charge is 0.411 e. The first-order chi connectivity index (χ1) is 5.27. The largest absolute Gasteiger partial charge is 0.442 e. The van der Waals surface area contributed by atoms with E-state index in [-0.39, 0.29) is 13.2 Å². The molecule has 0 saturated carbocycles. The number of nitriles is 1. The maximum atomic E-state index is 10.8. The first-order valence-electron chi connectivity index (χ1n) is 3.21. The van der Waals surface area contributed by atoms with Gasteiger partial charge in [0.2, 0.25) is 0 Å². The number of aliphatic hydroxyl groups is 1. The molecule has 0 spiro atoms. The van der Waals surface area contributed by atoms with E-state index in [1.54, 1.807) is 0 Å². The normalized spacial score (nSPS) is 23.1. The molecule has 1 aliphatic heterocycles. The maximum Gasteiger partial charge on any atom is 0.411 e. The van der Waals surface area contributed by atoms with Gasteiger partial charge in [-0.1, -0.05) is 0 Å². The van der Waals surface area contributed by atoms with Crippen LogP contribution in [0.4, 0.5) is 4.79 Å². The summed E-state index contributed by atoms with van der Waals surface area (Å²) in [6.07, 6.45) is -0.985. The molecule has 11 heavy (non-hydrogen) atoms. The number of carbonyl (C=O) groups is 1. The fraction of sp³-hybridized carbons (Fsp3) is 0.667. The van der Waals surface area contributed by atoms with Gasteiger partial charge in [0.05, 0.1) is 19.2 Å². The number of hydrogen-bond acceptors (Lipinski definition) is 4. The number of amides is 1. The Kier molecular flexibility index (Phi) is 2.28. The van der Waals surface area contributed by atoms with Crippen LogP contribution in [-0.4, -0.2) is 41.9 Å². The highest BCUT2D eigenvalue weighted by Crippen LogP contribution is 2.09. The number of ether oxygens (including phenoxy) is 1. The molecule has 0 aromatic rings. The molecule has 60 valence electrons. The molecule has 1 heterocycles. The number of aliphatic hydroxyl groups excluding tert-OH is 1. The van der Waals surface area contributed by atoms with Gasteiger partial charge in [-0.05, 0) is 0 Å². The lowest BCUT2D eigenvalue weighted by atomic mass is 10.4. The summed E-state index contributed by atoms with van der Waals surface area (Å²) < 4.78 is 4.66. The van der Waals surface area contributed by atoms with Crippen LogP contribution >= 0.6 is 0 Å². The molecule has 0 aliphatic carbocycles. The lowest BCUT2D eigenvalue weighted by Gasteiger charge is -2.04. The third-order valence-electron chi connectivity index (χ3n) is 1.41. The van der Waals surface area contributed by atoms with Crippen LogP contribution < -0.4 is 0 Å². The van der Waals surface area contributed by atoms with Gasteiger partial charge in [-0.15, -0.1) is 0 Å². The van der Waals surface area contributed by atoms with E-state index < -0.39 is 12.2 Å². The summed E-state index contributed by atoms with van der Waals surface area (Å²) in [6, 6.07) is 1.83. The van der Waals surface area contributed by atoms with Gasteiger partial charge < -0.3 is 9.84 Å². The van der Waals surface area contributed by atoms with Crippen molar-refractivity contribution in [2.24, 2.45) is 0 Å². The highest BCUT2D eigenvalue weighted by atomic mass is 16.6. The molecule has 5 nitrogen and oxygen atoms in total. The van der Waals surface area contributed by atoms with Crippen molar-refractivity contribution >= 4 is 6.09 Å². The zero-order chi connectivity index (χ0) is 8.27. The molecule has 0 aromatic carbocycles. The van der Waals surface area contributed by atoms with Crippen LogP contribution in [-0.2, 0) is 4.74 Å². The molecule has 1 amide bonds. The Morgan fingerprint density at radius 1 is 1.91 bits per heavy atom. The van der Waals surface area contributed by atoms with E-state index in [4.69, 9.17) is 10.4 Å². The van der Waals surface area contributed by atoms with E-state index in [0.29, 0.717) is 6.54 Å². The summed E-state index contributed by atoms with van der Waals surface area (Å²) in [7, 11) is 0. The van der Waals surface area contributed by atoms with E-state index in [1.807, 2.05) is 6.07 Å². The number of cyclic esters (lactones) is 1. The summed E-state index contributed by atoms with van der Waals surface area (Å²) in [5.74, 6) is 0. The Hall–Kier alpha value is -1.28. The summed E-state index contributed by atoms with van der Waals surface area (Å²) >= 11 is 0. The highest BCUT2D eigenvalue weighted by Gasteiger charge is 2.29. The SMILES string of the molecule is N#CCN1C[C@@H](CO)OC1=O.